The topological polar surface area (TPSA) is 66.3 Å². The maximum Gasteiger partial charge on any atom is 0.307 e. The van der Waals surface area contributed by atoms with Crippen LogP contribution in [0.3, 0.4) is 0 Å². The molecule has 1 aliphatic heterocycles. The highest BCUT2D eigenvalue weighted by molar-refractivity contribution is 5.92. The number of pyridine rings is 2. The Morgan fingerprint density at radius 2 is 1.83 bits per heavy atom. The Morgan fingerprint density at radius 1 is 1.10 bits per heavy atom. The minimum Gasteiger partial charge on any atom is -0.481 e. The summed E-state index contributed by atoms with van der Waals surface area (Å²) in [7, 11) is 0. The van der Waals surface area contributed by atoms with Gasteiger partial charge in [0, 0.05) is 53.4 Å². The van der Waals surface area contributed by atoms with Crippen molar-refractivity contribution in [3.05, 3.63) is 53.6 Å². The number of aromatic nitrogens is 2. The summed E-state index contributed by atoms with van der Waals surface area (Å²) in [5.74, 6) is -0.823. The highest BCUT2D eigenvalue weighted by Crippen LogP contribution is 2.42. The first kappa shape index (κ1) is 20.3. The number of carboxylic acid groups (broad SMARTS) is 1. The van der Waals surface area contributed by atoms with E-state index in [1.54, 1.807) is 6.20 Å². The van der Waals surface area contributed by atoms with Gasteiger partial charge in [-0.25, -0.2) is 0 Å². The van der Waals surface area contributed by atoms with Crippen LogP contribution in [0.15, 0.2) is 36.7 Å². The van der Waals surface area contributed by atoms with Crippen LogP contribution in [0, 0.1) is 19.3 Å². The SMILES string of the molecule is Cc1nc(C)c(-c2ccc3ccncc3c2)c(N2CCC(C)(C)CC2)c1CC(=O)O. The zero-order valence-corrected chi connectivity index (χ0v) is 18.2. The minimum atomic E-state index is -0.823. The molecule has 1 N–H and O–H groups in total. The van der Waals surface area contributed by atoms with Crippen molar-refractivity contribution in [2.24, 2.45) is 5.41 Å². The average Bonchev–Trinajstić information content (AvgIpc) is 2.69. The van der Waals surface area contributed by atoms with Crippen LogP contribution in [0.2, 0.25) is 0 Å². The number of piperidine rings is 1. The molecule has 4 rings (SSSR count). The summed E-state index contributed by atoms with van der Waals surface area (Å²) in [5.41, 5.74) is 6.03. The van der Waals surface area contributed by atoms with Crippen LogP contribution < -0.4 is 4.90 Å². The quantitative estimate of drug-likeness (QED) is 0.651. The van der Waals surface area contributed by atoms with Crippen molar-refractivity contribution >= 4 is 22.4 Å². The van der Waals surface area contributed by atoms with Crippen molar-refractivity contribution in [1.29, 1.82) is 0 Å². The molecule has 5 heteroatoms. The summed E-state index contributed by atoms with van der Waals surface area (Å²) in [6.45, 7) is 10.4. The van der Waals surface area contributed by atoms with Crippen LogP contribution in [0.25, 0.3) is 21.9 Å². The molecular formula is C25H29N3O2. The first-order chi connectivity index (χ1) is 14.2. The van der Waals surface area contributed by atoms with Gasteiger partial charge in [-0.15, -0.1) is 0 Å². The summed E-state index contributed by atoms with van der Waals surface area (Å²) in [6, 6.07) is 8.36. The second-order valence-electron chi connectivity index (χ2n) is 9.14. The number of aliphatic carboxylic acids is 1. The van der Waals surface area contributed by atoms with Crippen LogP contribution in [0.4, 0.5) is 5.69 Å². The molecule has 1 aliphatic rings. The first-order valence-electron chi connectivity index (χ1n) is 10.6. The van der Waals surface area contributed by atoms with Crippen LogP contribution in [0.1, 0.15) is 43.6 Å². The van der Waals surface area contributed by atoms with Crippen LogP contribution in [-0.4, -0.2) is 34.1 Å². The summed E-state index contributed by atoms with van der Waals surface area (Å²) in [4.78, 5) is 23.1. The Bertz CT molecular complexity index is 1110. The first-order valence-corrected chi connectivity index (χ1v) is 10.6. The van der Waals surface area contributed by atoms with Crippen molar-refractivity contribution in [2.75, 3.05) is 18.0 Å². The van der Waals surface area contributed by atoms with Crippen molar-refractivity contribution in [1.82, 2.24) is 9.97 Å². The fourth-order valence-corrected chi connectivity index (χ4v) is 4.50. The molecule has 1 aromatic carbocycles. The van der Waals surface area contributed by atoms with Gasteiger partial charge in [0.2, 0.25) is 0 Å². The molecule has 0 saturated carbocycles. The molecule has 1 fully saturated rings. The molecule has 3 aromatic rings. The third kappa shape index (κ3) is 3.89. The Kier molecular flexibility index (Phi) is 5.22. The lowest BCUT2D eigenvalue weighted by molar-refractivity contribution is -0.136. The van der Waals surface area contributed by atoms with E-state index in [-0.39, 0.29) is 6.42 Å². The number of anilines is 1. The van der Waals surface area contributed by atoms with E-state index in [0.29, 0.717) is 5.41 Å². The van der Waals surface area contributed by atoms with Crippen molar-refractivity contribution in [3.8, 4) is 11.1 Å². The van der Waals surface area contributed by atoms with E-state index in [2.05, 4.69) is 41.9 Å². The highest BCUT2D eigenvalue weighted by Gasteiger charge is 2.30. The fourth-order valence-electron chi connectivity index (χ4n) is 4.50. The predicted octanol–water partition coefficient (Wildman–Crippen LogP) is 5.17. The second kappa shape index (κ2) is 7.71. The monoisotopic (exact) mass is 403 g/mol. The molecule has 30 heavy (non-hydrogen) atoms. The molecule has 0 radical (unpaired) electrons. The summed E-state index contributed by atoms with van der Waals surface area (Å²) in [6.07, 6.45) is 5.82. The van der Waals surface area contributed by atoms with E-state index < -0.39 is 5.97 Å². The Balaban J connectivity index is 1.93. The number of benzene rings is 1. The number of nitrogens with zero attached hydrogens (tertiary/aromatic N) is 3. The van der Waals surface area contributed by atoms with E-state index in [9.17, 15) is 9.90 Å². The number of carbonyl (C=O) groups is 1. The van der Waals surface area contributed by atoms with Gasteiger partial charge in [0.15, 0.2) is 0 Å². The third-order valence-electron chi connectivity index (χ3n) is 6.35. The predicted molar refractivity (Wildman–Crippen MR) is 121 cm³/mol. The van der Waals surface area contributed by atoms with Gasteiger partial charge in [0.1, 0.15) is 0 Å². The fraction of sp³-hybridized carbons (Fsp3) is 0.400. The maximum absolute atomic E-state index is 11.7. The van der Waals surface area contributed by atoms with Crippen molar-refractivity contribution < 1.29 is 9.90 Å². The van der Waals surface area contributed by atoms with E-state index in [0.717, 1.165) is 70.5 Å². The summed E-state index contributed by atoms with van der Waals surface area (Å²) < 4.78 is 0. The third-order valence-corrected chi connectivity index (χ3v) is 6.35. The number of rotatable bonds is 4. The minimum absolute atomic E-state index is 0.0174. The average molecular weight is 404 g/mol. The molecule has 3 heterocycles. The normalized spacial score (nSPS) is 16.1. The number of hydrogen-bond acceptors (Lipinski definition) is 4. The zero-order valence-electron chi connectivity index (χ0n) is 18.2. The second-order valence-corrected chi connectivity index (χ2v) is 9.14. The molecule has 0 amide bonds. The molecule has 156 valence electrons. The molecule has 0 aliphatic carbocycles. The maximum atomic E-state index is 11.7. The van der Waals surface area contributed by atoms with Crippen LogP contribution >= 0.6 is 0 Å². The van der Waals surface area contributed by atoms with Gasteiger partial charge in [-0.3, -0.25) is 14.8 Å². The van der Waals surface area contributed by atoms with Crippen molar-refractivity contribution in [3.63, 3.8) is 0 Å². The molecule has 0 unspecified atom stereocenters. The lowest BCUT2D eigenvalue weighted by atomic mass is 9.82. The molecule has 0 bridgehead atoms. The van der Waals surface area contributed by atoms with Gasteiger partial charge in [-0.05, 0) is 55.2 Å². The smallest absolute Gasteiger partial charge is 0.307 e. The largest absolute Gasteiger partial charge is 0.481 e. The number of aryl methyl sites for hydroxylation is 2. The van der Waals surface area contributed by atoms with Gasteiger partial charge in [0.05, 0.1) is 12.1 Å². The Labute approximate surface area is 177 Å². The number of fused-ring (bicyclic) bond motifs is 1. The van der Waals surface area contributed by atoms with Crippen LogP contribution in [0.5, 0.6) is 0 Å². The van der Waals surface area contributed by atoms with E-state index >= 15 is 0 Å². The van der Waals surface area contributed by atoms with E-state index in [1.165, 1.54) is 0 Å². The Hall–Kier alpha value is -2.95. The molecular weight excluding hydrogens is 374 g/mol. The molecule has 2 aromatic heterocycles. The lowest BCUT2D eigenvalue weighted by Gasteiger charge is -2.40. The highest BCUT2D eigenvalue weighted by atomic mass is 16.4. The van der Waals surface area contributed by atoms with Gasteiger partial charge < -0.3 is 10.0 Å². The van der Waals surface area contributed by atoms with Gasteiger partial charge in [0.25, 0.3) is 0 Å². The van der Waals surface area contributed by atoms with E-state index in [1.807, 2.05) is 26.1 Å². The summed E-state index contributed by atoms with van der Waals surface area (Å²) >= 11 is 0. The number of hydrogen-bond donors (Lipinski definition) is 1. The van der Waals surface area contributed by atoms with Crippen molar-refractivity contribution in [2.45, 2.75) is 47.0 Å². The van der Waals surface area contributed by atoms with Gasteiger partial charge >= 0.3 is 5.97 Å². The Morgan fingerprint density at radius 3 is 2.53 bits per heavy atom. The molecule has 1 saturated heterocycles. The van der Waals surface area contributed by atoms with Gasteiger partial charge in [-0.1, -0.05) is 26.0 Å². The standard InChI is InChI=1S/C25H29N3O2/c1-16-21(14-22(29)30)24(28-11-8-25(3,4)9-12-28)23(17(2)27-16)19-6-5-18-7-10-26-15-20(18)13-19/h5-7,10,13,15H,8-9,11-12,14H2,1-4H3,(H,29,30). The number of carboxylic acids is 1. The zero-order chi connectivity index (χ0) is 21.5. The molecule has 0 spiro atoms. The lowest BCUT2D eigenvalue weighted by Crippen LogP contribution is -2.38. The van der Waals surface area contributed by atoms with E-state index in [4.69, 9.17) is 4.98 Å². The van der Waals surface area contributed by atoms with Gasteiger partial charge in [-0.2, -0.15) is 0 Å². The molecule has 0 atom stereocenters. The molecule has 5 nitrogen and oxygen atoms in total. The van der Waals surface area contributed by atoms with Crippen LogP contribution in [-0.2, 0) is 11.2 Å². The summed E-state index contributed by atoms with van der Waals surface area (Å²) in [5, 5.41) is 11.8.